The van der Waals surface area contributed by atoms with Gasteiger partial charge in [0.25, 0.3) is 0 Å². The van der Waals surface area contributed by atoms with Crippen LogP contribution < -0.4 is 5.32 Å². The van der Waals surface area contributed by atoms with Gasteiger partial charge in [0.15, 0.2) is 0 Å². The minimum absolute atomic E-state index is 0.394. The number of likely N-dealkylation sites (N-methyl/N-ethyl adjacent to an activating group) is 1. The van der Waals surface area contributed by atoms with Gasteiger partial charge in [-0.15, -0.1) is 11.8 Å². The molecule has 1 aliphatic heterocycles. The lowest BCUT2D eigenvalue weighted by Crippen LogP contribution is -2.24. The van der Waals surface area contributed by atoms with Crippen LogP contribution >= 0.6 is 11.8 Å². The maximum Gasteiger partial charge on any atom is 0.0395 e. The van der Waals surface area contributed by atoms with Gasteiger partial charge in [0.1, 0.15) is 0 Å². The van der Waals surface area contributed by atoms with Crippen molar-refractivity contribution in [3.05, 3.63) is 64.7 Å². The van der Waals surface area contributed by atoms with Gasteiger partial charge in [-0.1, -0.05) is 36.4 Å². The van der Waals surface area contributed by atoms with Gasteiger partial charge in [-0.25, -0.2) is 0 Å². The number of thioether (sulfide) groups is 1. The number of hydrogen-bond acceptors (Lipinski definition) is 2. The van der Waals surface area contributed by atoms with Crippen molar-refractivity contribution in [3.8, 4) is 0 Å². The molecule has 0 spiro atoms. The first-order valence-corrected chi connectivity index (χ1v) is 8.15. The van der Waals surface area contributed by atoms with E-state index in [9.17, 15) is 0 Å². The fourth-order valence-corrected chi connectivity index (χ4v) is 4.31. The monoisotopic (exact) mass is 283 g/mol. The van der Waals surface area contributed by atoms with E-state index in [4.69, 9.17) is 0 Å². The Bertz CT molecular complexity index is 621. The predicted octanol–water partition coefficient (Wildman–Crippen LogP) is 4.45. The summed E-state index contributed by atoms with van der Waals surface area (Å²) in [6.07, 6.45) is 0. The maximum atomic E-state index is 3.53. The molecule has 0 amide bonds. The van der Waals surface area contributed by atoms with E-state index in [-0.39, 0.29) is 0 Å². The molecule has 0 radical (unpaired) electrons. The third-order valence-corrected chi connectivity index (χ3v) is 5.55. The third-order valence-electron chi connectivity index (χ3n) is 4.34. The summed E-state index contributed by atoms with van der Waals surface area (Å²) in [5.74, 6) is 1.72. The maximum absolute atomic E-state index is 3.53. The fraction of sp³-hybridized carbons (Fsp3) is 0.333. The average Bonchev–Trinajstić information content (AvgIpc) is 2.88. The summed E-state index contributed by atoms with van der Waals surface area (Å²) in [6, 6.07) is 16.1. The van der Waals surface area contributed by atoms with E-state index in [1.165, 1.54) is 27.1 Å². The standard InChI is InChI=1S/C18H21NS/c1-12-8-9-14(10-13(12)2)18(19-3)16-11-20-17-7-5-4-6-15(16)17/h4-10,16,18-19H,11H2,1-3H3. The molecule has 0 saturated heterocycles. The van der Waals surface area contributed by atoms with Crippen LogP contribution in [0.15, 0.2) is 47.4 Å². The van der Waals surface area contributed by atoms with Crippen molar-refractivity contribution in [2.45, 2.75) is 30.7 Å². The molecule has 2 aromatic carbocycles. The number of aryl methyl sites for hydroxylation is 2. The van der Waals surface area contributed by atoms with Crippen LogP contribution in [0, 0.1) is 13.8 Å². The third kappa shape index (κ3) is 2.38. The molecule has 0 saturated carbocycles. The van der Waals surface area contributed by atoms with E-state index in [1.807, 2.05) is 11.8 Å². The lowest BCUT2D eigenvalue weighted by atomic mass is 9.87. The smallest absolute Gasteiger partial charge is 0.0395 e. The summed E-state index contributed by atoms with van der Waals surface area (Å²) in [6.45, 7) is 4.37. The summed E-state index contributed by atoms with van der Waals surface area (Å²) in [7, 11) is 2.07. The lowest BCUT2D eigenvalue weighted by Gasteiger charge is -2.24. The number of benzene rings is 2. The van der Waals surface area contributed by atoms with Gasteiger partial charge in [-0.05, 0) is 49.2 Å². The Kier molecular flexibility index (Phi) is 3.86. The van der Waals surface area contributed by atoms with Crippen LogP contribution in [0.25, 0.3) is 0 Å². The molecule has 2 aromatic rings. The van der Waals surface area contributed by atoms with Crippen LogP contribution in [-0.2, 0) is 0 Å². The molecule has 2 heteroatoms. The zero-order valence-corrected chi connectivity index (χ0v) is 13.1. The molecule has 3 rings (SSSR count). The molecule has 2 atom stereocenters. The second kappa shape index (κ2) is 5.63. The van der Waals surface area contributed by atoms with E-state index in [0.29, 0.717) is 12.0 Å². The van der Waals surface area contributed by atoms with E-state index in [2.05, 4.69) is 68.7 Å². The van der Waals surface area contributed by atoms with Crippen LogP contribution in [0.3, 0.4) is 0 Å². The molecule has 1 nitrogen and oxygen atoms in total. The summed E-state index contributed by atoms with van der Waals surface area (Å²) in [4.78, 5) is 1.45. The zero-order chi connectivity index (χ0) is 14.1. The highest BCUT2D eigenvalue weighted by molar-refractivity contribution is 7.99. The van der Waals surface area contributed by atoms with E-state index in [1.54, 1.807) is 0 Å². The highest BCUT2D eigenvalue weighted by Crippen LogP contribution is 2.45. The van der Waals surface area contributed by atoms with Crippen molar-refractivity contribution in [1.82, 2.24) is 5.32 Å². The SMILES string of the molecule is CNC(c1ccc(C)c(C)c1)C1CSc2ccccc21. The molecule has 20 heavy (non-hydrogen) atoms. The second-order valence-corrected chi connectivity index (χ2v) is 6.63. The Labute approximate surface area is 125 Å². The van der Waals surface area contributed by atoms with Crippen molar-refractivity contribution in [1.29, 1.82) is 0 Å². The summed E-state index contributed by atoms with van der Waals surface area (Å²) >= 11 is 1.98. The molecule has 0 aromatic heterocycles. The lowest BCUT2D eigenvalue weighted by molar-refractivity contribution is 0.514. The molecular weight excluding hydrogens is 262 g/mol. The van der Waals surface area contributed by atoms with Crippen molar-refractivity contribution in [3.63, 3.8) is 0 Å². The summed E-state index contributed by atoms with van der Waals surface area (Å²) < 4.78 is 0. The first-order valence-electron chi connectivity index (χ1n) is 7.17. The molecule has 0 bridgehead atoms. The topological polar surface area (TPSA) is 12.0 Å². The molecule has 1 heterocycles. The molecule has 0 aliphatic carbocycles. The van der Waals surface area contributed by atoms with Gasteiger partial charge in [-0.2, -0.15) is 0 Å². The first-order chi connectivity index (χ1) is 9.70. The largest absolute Gasteiger partial charge is 0.312 e. The van der Waals surface area contributed by atoms with E-state index in [0.717, 1.165) is 5.75 Å². The molecule has 104 valence electrons. The van der Waals surface area contributed by atoms with Crippen LogP contribution in [0.4, 0.5) is 0 Å². The molecule has 1 aliphatic rings. The zero-order valence-electron chi connectivity index (χ0n) is 12.3. The van der Waals surface area contributed by atoms with Crippen molar-refractivity contribution < 1.29 is 0 Å². The minimum Gasteiger partial charge on any atom is -0.312 e. The Hall–Kier alpha value is -1.25. The Balaban J connectivity index is 1.97. The molecular formula is C18H21NS. The van der Waals surface area contributed by atoms with Gasteiger partial charge in [-0.3, -0.25) is 0 Å². The Morgan fingerprint density at radius 3 is 2.65 bits per heavy atom. The highest BCUT2D eigenvalue weighted by atomic mass is 32.2. The van der Waals surface area contributed by atoms with Gasteiger partial charge in [0, 0.05) is 22.6 Å². The predicted molar refractivity (Wildman–Crippen MR) is 87.6 cm³/mol. The van der Waals surface area contributed by atoms with Crippen molar-refractivity contribution in [2.24, 2.45) is 0 Å². The van der Waals surface area contributed by atoms with Crippen molar-refractivity contribution >= 4 is 11.8 Å². The molecule has 1 N–H and O–H groups in total. The summed E-state index contributed by atoms with van der Waals surface area (Å²) in [5, 5.41) is 3.53. The van der Waals surface area contributed by atoms with Gasteiger partial charge < -0.3 is 5.32 Å². The van der Waals surface area contributed by atoms with Gasteiger partial charge in [0.05, 0.1) is 0 Å². The number of hydrogen-bond donors (Lipinski definition) is 1. The van der Waals surface area contributed by atoms with Crippen LogP contribution in [0.2, 0.25) is 0 Å². The van der Waals surface area contributed by atoms with Crippen LogP contribution in [0.1, 0.15) is 34.2 Å². The Morgan fingerprint density at radius 1 is 1.10 bits per heavy atom. The quantitative estimate of drug-likeness (QED) is 0.893. The number of nitrogens with one attached hydrogen (secondary N) is 1. The average molecular weight is 283 g/mol. The first kappa shape index (κ1) is 13.7. The minimum atomic E-state index is 0.394. The number of rotatable bonds is 3. The summed E-state index contributed by atoms with van der Waals surface area (Å²) in [5.41, 5.74) is 5.64. The van der Waals surface area contributed by atoms with Gasteiger partial charge >= 0.3 is 0 Å². The number of fused-ring (bicyclic) bond motifs is 1. The molecule has 0 fully saturated rings. The highest BCUT2D eigenvalue weighted by Gasteiger charge is 2.30. The second-order valence-electron chi connectivity index (χ2n) is 5.57. The van der Waals surface area contributed by atoms with Gasteiger partial charge in [0.2, 0.25) is 0 Å². The van der Waals surface area contributed by atoms with Crippen LogP contribution in [-0.4, -0.2) is 12.8 Å². The normalized spacial score (nSPS) is 18.9. The Morgan fingerprint density at radius 2 is 1.90 bits per heavy atom. The van der Waals surface area contributed by atoms with E-state index < -0.39 is 0 Å². The molecule has 2 unspecified atom stereocenters. The van der Waals surface area contributed by atoms with Crippen LogP contribution in [0.5, 0.6) is 0 Å². The van der Waals surface area contributed by atoms with E-state index >= 15 is 0 Å². The van der Waals surface area contributed by atoms with Crippen molar-refractivity contribution in [2.75, 3.05) is 12.8 Å². The fourth-order valence-electron chi connectivity index (χ4n) is 3.02.